The fraction of sp³-hybridized carbons (Fsp3) is 0.643. The van der Waals surface area contributed by atoms with Crippen LogP contribution in [-0.4, -0.2) is 54.4 Å². The van der Waals surface area contributed by atoms with Crippen molar-refractivity contribution in [1.82, 2.24) is 9.88 Å². The average Bonchev–Trinajstić information content (AvgIpc) is 2.87. The number of alkyl halides is 1. The van der Waals surface area contributed by atoms with Crippen LogP contribution in [0.5, 0.6) is 0 Å². The third kappa shape index (κ3) is 5.55. The van der Waals surface area contributed by atoms with Gasteiger partial charge in [0.25, 0.3) is 0 Å². The highest BCUT2D eigenvalue weighted by Gasteiger charge is 2.32. The van der Waals surface area contributed by atoms with E-state index >= 15 is 0 Å². The van der Waals surface area contributed by atoms with Crippen LogP contribution in [0.2, 0.25) is 0 Å². The van der Waals surface area contributed by atoms with Crippen molar-refractivity contribution >= 4 is 39.9 Å². The number of nitrogens with zero attached hydrogens (tertiary/aromatic N) is 2. The minimum atomic E-state index is -0.729. The first-order valence-electron chi connectivity index (χ1n) is 6.86. The number of ether oxygens (including phenoxy) is 1. The summed E-state index contributed by atoms with van der Waals surface area (Å²) in [7, 11) is 1.55. The number of carbonyl (C=O) groups excluding carboxylic acids is 2. The molecular formula is C14H22ClN3O3S. The van der Waals surface area contributed by atoms with Crippen LogP contribution in [0.15, 0.2) is 5.38 Å². The molecule has 1 heterocycles. The van der Waals surface area contributed by atoms with Crippen molar-refractivity contribution in [2.75, 3.05) is 38.0 Å². The van der Waals surface area contributed by atoms with Crippen molar-refractivity contribution in [3.8, 4) is 0 Å². The first-order chi connectivity index (χ1) is 10.3. The van der Waals surface area contributed by atoms with Gasteiger partial charge in [0.2, 0.25) is 11.8 Å². The number of thiazole rings is 1. The van der Waals surface area contributed by atoms with Crippen LogP contribution in [-0.2, 0) is 14.3 Å². The van der Waals surface area contributed by atoms with E-state index in [0.717, 1.165) is 5.69 Å². The van der Waals surface area contributed by atoms with Gasteiger partial charge in [-0.1, -0.05) is 0 Å². The highest BCUT2D eigenvalue weighted by molar-refractivity contribution is 7.13. The summed E-state index contributed by atoms with van der Waals surface area (Å²) in [5, 5.41) is 5.07. The topological polar surface area (TPSA) is 71.5 Å². The summed E-state index contributed by atoms with van der Waals surface area (Å²) in [6, 6.07) is 0. The van der Waals surface area contributed by atoms with Gasteiger partial charge in [0.1, 0.15) is 6.54 Å². The van der Waals surface area contributed by atoms with E-state index in [9.17, 15) is 9.59 Å². The second kappa shape index (κ2) is 8.45. The zero-order chi connectivity index (χ0) is 16.8. The van der Waals surface area contributed by atoms with Gasteiger partial charge < -0.3 is 15.0 Å². The smallest absolute Gasteiger partial charge is 0.245 e. The van der Waals surface area contributed by atoms with E-state index in [1.165, 1.54) is 16.2 Å². The van der Waals surface area contributed by atoms with E-state index in [-0.39, 0.29) is 24.2 Å². The lowest BCUT2D eigenvalue weighted by molar-refractivity contribution is -0.142. The van der Waals surface area contributed by atoms with Crippen LogP contribution in [0.1, 0.15) is 19.5 Å². The third-order valence-electron chi connectivity index (χ3n) is 2.97. The Morgan fingerprint density at radius 2 is 2.18 bits per heavy atom. The zero-order valence-corrected chi connectivity index (χ0v) is 14.9. The molecule has 1 N–H and O–H groups in total. The Hall–Kier alpha value is -1.18. The van der Waals surface area contributed by atoms with E-state index in [0.29, 0.717) is 18.3 Å². The molecule has 0 aromatic carbocycles. The predicted molar refractivity (Wildman–Crippen MR) is 88.4 cm³/mol. The molecule has 0 unspecified atom stereocenters. The summed E-state index contributed by atoms with van der Waals surface area (Å²) in [5.41, 5.74) is 0.115. The number of amides is 2. The first kappa shape index (κ1) is 18.9. The van der Waals surface area contributed by atoms with Gasteiger partial charge in [-0.2, -0.15) is 0 Å². The molecule has 0 radical (unpaired) electrons. The lowest BCUT2D eigenvalue weighted by Gasteiger charge is -2.30. The lowest BCUT2D eigenvalue weighted by Crippen LogP contribution is -2.46. The monoisotopic (exact) mass is 347 g/mol. The fourth-order valence-corrected chi connectivity index (χ4v) is 2.50. The molecule has 1 rings (SSSR count). The average molecular weight is 348 g/mol. The Labute approximate surface area is 139 Å². The van der Waals surface area contributed by atoms with Gasteiger partial charge in [-0.25, -0.2) is 4.98 Å². The second-order valence-electron chi connectivity index (χ2n) is 5.58. The predicted octanol–water partition coefficient (Wildman–Crippen LogP) is 2.13. The largest absolute Gasteiger partial charge is 0.383 e. The number of nitrogens with one attached hydrogen (secondary N) is 1. The number of hydrogen-bond acceptors (Lipinski definition) is 5. The van der Waals surface area contributed by atoms with E-state index in [2.05, 4.69) is 10.3 Å². The number of anilines is 1. The van der Waals surface area contributed by atoms with E-state index in [1.807, 2.05) is 12.3 Å². The Balaban J connectivity index is 2.71. The van der Waals surface area contributed by atoms with Gasteiger partial charge in [0.15, 0.2) is 5.13 Å². The molecule has 0 saturated carbocycles. The zero-order valence-electron chi connectivity index (χ0n) is 13.3. The minimum Gasteiger partial charge on any atom is -0.383 e. The molecule has 0 atom stereocenters. The maximum absolute atomic E-state index is 12.5. The van der Waals surface area contributed by atoms with Crippen LogP contribution < -0.4 is 5.32 Å². The molecule has 1 aromatic heterocycles. The summed E-state index contributed by atoms with van der Waals surface area (Å²) < 4.78 is 5.00. The molecule has 0 saturated heterocycles. The van der Waals surface area contributed by atoms with Crippen LogP contribution in [0, 0.1) is 12.3 Å². The van der Waals surface area contributed by atoms with Crippen LogP contribution in [0.3, 0.4) is 0 Å². The van der Waals surface area contributed by atoms with Crippen LogP contribution in [0.25, 0.3) is 0 Å². The molecular weight excluding hydrogens is 326 g/mol. The summed E-state index contributed by atoms with van der Waals surface area (Å²) in [5.74, 6) is -0.281. The number of aryl methyl sites for hydroxylation is 1. The number of hydrogen-bond donors (Lipinski definition) is 1. The summed E-state index contributed by atoms with van der Waals surface area (Å²) in [4.78, 5) is 30.2. The van der Waals surface area contributed by atoms with E-state index in [1.54, 1.807) is 21.0 Å². The molecule has 0 fully saturated rings. The highest BCUT2D eigenvalue weighted by Crippen LogP contribution is 2.21. The molecule has 0 aliphatic heterocycles. The summed E-state index contributed by atoms with van der Waals surface area (Å²) in [6.45, 7) is 5.99. The van der Waals surface area contributed by atoms with E-state index in [4.69, 9.17) is 16.3 Å². The Bertz CT molecular complexity index is 519. The number of halogens is 1. The van der Waals surface area contributed by atoms with Crippen molar-refractivity contribution in [3.63, 3.8) is 0 Å². The number of aromatic nitrogens is 1. The normalized spacial score (nSPS) is 11.3. The van der Waals surface area contributed by atoms with E-state index < -0.39 is 5.41 Å². The van der Waals surface area contributed by atoms with Crippen LogP contribution in [0.4, 0.5) is 5.13 Å². The van der Waals surface area contributed by atoms with Gasteiger partial charge >= 0.3 is 0 Å². The summed E-state index contributed by atoms with van der Waals surface area (Å²) >= 11 is 7.20. The standard InChI is InChI=1S/C14H22ClN3O3S/c1-10-8-22-13(16-10)17-11(19)7-18(5-6-21-4)12(20)14(2,3)9-15/h8H,5-7,9H2,1-4H3,(H,16,17,19). The van der Waals surface area contributed by atoms with Crippen molar-refractivity contribution in [2.24, 2.45) is 5.41 Å². The molecule has 2 amide bonds. The van der Waals surface area contributed by atoms with Crippen molar-refractivity contribution < 1.29 is 14.3 Å². The quantitative estimate of drug-likeness (QED) is 0.731. The SMILES string of the molecule is COCCN(CC(=O)Nc1nc(C)cs1)C(=O)C(C)(C)CCl. The Kier molecular flexibility index (Phi) is 7.25. The van der Waals surface area contributed by atoms with Gasteiger partial charge in [0, 0.05) is 24.9 Å². The molecule has 6 nitrogen and oxygen atoms in total. The Morgan fingerprint density at radius 1 is 1.50 bits per heavy atom. The molecule has 0 aliphatic rings. The van der Waals surface area contributed by atoms with Gasteiger partial charge in [-0.3, -0.25) is 9.59 Å². The molecule has 124 valence electrons. The number of methoxy groups -OCH3 is 1. The molecule has 1 aromatic rings. The molecule has 22 heavy (non-hydrogen) atoms. The Morgan fingerprint density at radius 3 is 2.68 bits per heavy atom. The van der Waals surface area contributed by atoms with Crippen molar-refractivity contribution in [1.29, 1.82) is 0 Å². The third-order valence-corrected chi connectivity index (χ3v) is 4.51. The van der Waals surface area contributed by atoms with Crippen molar-refractivity contribution in [3.05, 3.63) is 11.1 Å². The van der Waals surface area contributed by atoms with Gasteiger partial charge in [0.05, 0.1) is 17.7 Å². The maximum Gasteiger partial charge on any atom is 0.245 e. The number of carbonyl (C=O) groups is 2. The highest BCUT2D eigenvalue weighted by atomic mass is 35.5. The second-order valence-corrected chi connectivity index (χ2v) is 6.70. The molecule has 0 bridgehead atoms. The minimum absolute atomic E-state index is 0.0544. The fourth-order valence-electron chi connectivity index (χ4n) is 1.68. The van der Waals surface area contributed by atoms with Crippen molar-refractivity contribution in [2.45, 2.75) is 20.8 Å². The molecule has 0 aliphatic carbocycles. The summed E-state index contributed by atoms with van der Waals surface area (Å²) in [6.07, 6.45) is 0. The number of rotatable bonds is 8. The molecule has 0 spiro atoms. The molecule has 8 heteroatoms. The van der Waals surface area contributed by atoms with Gasteiger partial charge in [-0.05, 0) is 20.8 Å². The maximum atomic E-state index is 12.5. The first-order valence-corrected chi connectivity index (χ1v) is 8.28. The van der Waals surface area contributed by atoms with Crippen LogP contribution >= 0.6 is 22.9 Å². The van der Waals surface area contributed by atoms with Gasteiger partial charge in [-0.15, -0.1) is 22.9 Å². The lowest BCUT2D eigenvalue weighted by atomic mass is 9.94.